The molecule has 1 amide bonds. The van der Waals surface area contributed by atoms with Crippen molar-refractivity contribution in [2.24, 2.45) is 0 Å². The number of hydrogen-bond acceptors (Lipinski definition) is 4. The van der Waals surface area contributed by atoms with Gasteiger partial charge >= 0.3 is 0 Å². The summed E-state index contributed by atoms with van der Waals surface area (Å²) in [6.07, 6.45) is 0.915. The lowest BCUT2D eigenvalue weighted by Crippen LogP contribution is -2.33. The summed E-state index contributed by atoms with van der Waals surface area (Å²) in [5.74, 6) is 1.15. The van der Waals surface area contributed by atoms with Crippen molar-refractivity contribution >= 4 is 17.7 Å². The van der Waals surface area contributed by atoms with Crippen molar-refractivity contribution in [1.29, 1.82) is 0 Å². The highest BCUT2D eigenvalue weighted by Crippen LogP contribution is 2.25. The fraction of sp³-hybridized carbons (Fsp3) is 0.286. The minimum absolute atomic E-state index is 0.0184. The van der Waals surface area contributed by atoms with Crippen molar-refractivity contribution in [3.05, 3.63) is 66.2 Å². The van der Waals surface area contributed by atoms with E-state index in [1.54, 1.807) is 0 Å². The fourth-order valence-electron chi connectivity index (χ4n) is 2.65. The first-order valence-electron chi connectivity index (χ1n) is 9.12. The Morgan fingerprint density at radius 1 is 1.07 bits per heavy atom. The Kier molecular flexibility index (Phi) is 6.65. The average Bonchev–Trinajstić information content (AvgIpc) is 3.10. The van der Waals surface area contributed by atoms with E-state index in [1.165, 1.54) is 17.3 Å². The van der Waals surface area contributed by atoms with Gasteiger partial charge in [-0.15, -0.1) is 10.2 Å². The molecule has 0 saturated carbocycles. The molecule has 0 fully saturated rings. The highest BCUT2D eigenvalue weighted by molar-refractivity contribution is 7.99. The molecule has 6 heteroatoms. The molecule has 0 aliphatic heterocycles. The standard InChI is InChI=1S/C21H24N4OS/c1-3-16(2)22-19(26)15-27-21-24-23-20(18-12-8-5-9-13-18)25(21)14-17-10-6-4-7-11-17/h4-13,16H,3,14-15H2,1-2H3,(H,22,26). The third kappa shape index (κ3) is 5.20. The molecule has 1 N–H and O–H groups in total. The number of carbonyl (C=O) groups excluding carboxylic acids is 1. The summed E-state index contributed by atoms with van der Waals surface area (Å²) in [5.41, 5.74) is 2.18. The second-order valence-corrected chi connectivity index (χ2v) is 7.35. The first kappa shape index (κ1) is 19.2. The van der Waals surface area contributed by atoms with Gasteiger partial charge in [-0.1, -0.05) is 79.3 Å². The third-order valence-corrected chi connectivity index (χ3v) is 5.25. The quantitative estimate of drug-likeness (QED) is 0.600. The molecule has 1 unspecified atom stereocenters. The number of aromatic nitrogens is 3. The van der Waals surface area contributed by atoms with Crippen LogP contribution in [0.1, 0.15) is 25.8 Å². The van der Waals surface area contributed by atoms with Gasteiger partial charge in [-0.05, 0) is 18.9 Å². The van der Waals surface area contributed by atoms with Gasteiger partial charge in [-0.2, -0.15) is 0 Å². The first-order valence-corrected chi connectivity index (χ1v) is 10.1. The molecular formula is C21H24N4OS. The number of carbonyl (C=O) groups is 1. The van der Waals surface area contributed by atoms with E-state index in [9.17, 15) is 4.79 Å². The van der Waals surface area contributed by atoms with Gasteiger partial charge in [0.05, 0.1) is 12.3 Å². The summed E-state index contributed by atoms with van der Waals surface area (Å²) < 4.78 is 2.08. The van der Waals surface area contributed by atoms with Crippen molar-refractivity contribution in [2.75, 3.05) is 5.75 Å². The summed E-state index contributed by atoms with van der Waals surface area (Å²) in [6, 6.07) is 20.4. The zero-order chi connectivity index (χ0) is 19.1. The normalized spacial score (nSPS) is 11.9. The maximum absolute atomic E-state index is 12.1. The molecule has 1 atom stereocenters. The molecule has 0 spiro atoms. The van der Waals surface area contributed by atoms with Crippen LogP contribution in [0.3, 0.4) is 0 Å². The maximum Gasteiger partial charge on any atom is 0.230 e. The highest BCUT2D eigenvalue weighted by Gasteiger charge is 2.16. The summed E-state index contributed by atoms with van der Waals surface area (Å²) in [4.78, 5) is 12.1. The molecule has 0 aliphatic rings. The topological polar surface area (TPSA) is 59.8 Å². The van der Waals surface area contributed by atoms with E-state index >= 15 is 0 Å². The van der Waals surface area contributed by atoms with Crippen LogP contribution in [-0.4, -0.2) is 32.5 Å². The van der Waals surface area contributed by atoms with Crippen LogP contribution >= 0.6 is 11.8 Å². The summed E-state index contributed by atoms with van der Waals surface area (Å²) >= 11 is 1.42. The van der Waals surface area contributed by atoms with Crippen LogP contribution in [-0.2, 0) is 11.3 Å². The zero-order valence-electron chi connectivity index (χ0n) is 15.6. The average molecular weight is 381 g/mol. The van der Waals surface area contributed by atoms with E-state index in [2.05, 4.69) is 39.1 Å². The van der Waals surface area contributed by atoms with Crippen molar-refractivity contribution < 1.29 is 4.79 Å². The molecule has 2 aromatic carbocycles. The molecule has 140 valence electrons. The van der Waals surface area contributed by atoms with Gasteiger partial charge in [0.1, 0.15) is 0 Å². The SMILES string of the molecule is CCC(C)NC(=O)CSc1nnc(-c2ccccc2)n1Cc1ccccc1. The largest absolute Gasteiger partial charge is 0.353 e. The Balaban J connectivity index is 1.83. The van der Waals surface area contributed by atoms with E-state index in [-0.39, 0.29) is 11.9 Å². The second-order valence-electron chi connectivity index (χ2n) is 6.41. The van der Waals surface area contributed by atoms with Crippen molar-refractivity contribution in [1.82, 2.24) is 20.1 Å². The molecule has 5 nitrogen and oxygen atoms in total. The van der Waals surface area contributed by atoms with E-state index in [4.69, 9.17) is 0 Å². The predicted octanol–water partition coefficient (Wildman–Crippen LogP) is 4.00. The van der Waals surface area contributed by atoms with Gasteiger partial charge in [0.2, 0.25) is 5.91 Å². The van der Waals surface area contributed by atoms with Gasteiger partial charge in [0, 0.05) is 11.6 Å². The van der Waals surface area contributed by atoms with Crippen LogP contribution in [0.4, 0.5) is 0 Å². The molecule has 0 radical (unpaired) electrons. The molecule has 0 bridgehead atoms. The van der Waals surface area contributed by atoms with Crippen LogP contribution in [0.5, 0.6) is 0 Å². The molecule has 1 aromatic heterocycles. The number of rotatable bonds is 8. The van der Waals surface area contributed by atoms with Crippen LogP contribution < -0.4 is 5.32 Å². The van der Waals surface area contributed by atoms with Crippen LogP contribution in [0.2, 0.25) is 0 Å². The summed E-state index contributed by atoms with van der Waals surface area (Å²) in [7, 11) is 0. The molecule has 0 aliphatic carbocycles. The lowest BCUT2D eigenvalue weighted by molar-refractivity contribution is -0.119. The summed E-state index contributed by atoms with van der Waals surface area (Å²) in [6.45, 7) is 4.72. The molecule has 3 aromatic rings. The molecular weight excluding hydrogens is 356 g/mol. The van der Waals surface area contributed by atoms with Crippen LogP contribution in [0.25, 0.3) is 11.4 Å². The summed E-state index contributed by atoms with van der Waals surface area (Å²) in [5, 5.41) is 12.5. The smallest absolute Gasteiger partial charge is 0.230 e. The van der Waals surface area contributed by atoms with Crippen LogP contribution in [0.15, 0.2) is 65.8 Å². The Labute approximate surface area is 164 Å². The molecule has 27 heavy (non-hydrogen) atoms. The molecule has 0 saturated heterocycles. The lowest BCUT2D eigenvalue weighted by Gasteiger charge is -2.12. The Morgan fingerprint density at radius 2 is 1.74 bits per heavy atom. The van der Waals surface area contributed by atoms with E-state index in [0.29, 0.717) is 12.3 Å². The Bertz CT molecular complexity index is 864. The van der Waals surface area contributed by atoms with E-state index in [0.717, 1.165) is 23.0 Å². The molecule has 1 heterocycles. The highest BCUT2D eigenvalue weighted by atomic mass is 32.2. The second kappa shape index (κ2) is 9.37. The number of hydrogen-bond donors (Lipinski definition) is 1. The van der Waals surface area contributed by atoms with Crippen LogP contribution in [0, 0.1) is 0 Å². The van der Waals surface area contributed by atoms with Gasteiger partial charge in [-0.25, -0.2) is 0 Å². The number of thioether (sulfide) groups is 1. The van der Waals surface area contributed by atoms with Crippen molar-refractivity contribution in [3.63, 3.8) is 0 Å². The van der Waals surface area contributed by atoms with E-state index < -0.39 is 0 Å². The maximum atomic E-state index is 12.1. The lowest BCUT2D eigenvalue weighted by atomic mass is 10.2. The monoisotopic (exact) mass is 380 g/mol. The minimum Gasteiger partial charge on any atom is -0.353 e. The fourth-order valence-corrected chi connectivity index (χ4v) is 3.40. The van der Waals surface area contributed by atoms with Gasteiger partial charge in [0.25, 0.3) is 0 Å². The van der Waals surface area contributed by atoms with Gasteiger partial charge in [-0.3, -0.25) is 9.36 Å². The third-order valence-electron chi connectivity index (χ3n) is 4.28. The Morgan fingerprint density at radius 3 is 2.41 bits per heavy atom. The first-order chi connectivity index (χ1) is 13.2. The van der Waals surface area contributed by atoms with Gasteiger partial charge < -0.3 is 5.32 Å². The number of nitrogens with one attached hydrogen (secondary N) is 1. The predicted molar refractivity (Wildman–Crippen MR) is 110 cm³/mol. The number of nitrogens with zero attached hydrogens (tertiary/aromatic N) is 3. The van der Waals surface area contributed by atoms with Crippen molar-refractivity contribution in [3.8, 4) is 11.4 Å². The van der Waals surface area contributed by atoms with Crippen molar-refractivity contribution in [2.45, 2.75) is 38.0 Å². The minimum atomic E-state index is 0.0184. The Hall–Kier alpha value is -2.60. The van der Waals surface area contributed by atoms with Gasteiger partial charge in [0.15, 0.2) is 11.0 Å². The number of amides is 1. The van der Waals surface area contributed by atoms with E-state index in [1.807, 2.05) is 55.5 Å². The molecule has 3 rings (SSSR count). The number of benzene rings is 2. The zero-order valence-corrected chi connectivity index (χ0v) is 16.4.